The Balaban J connectivity index is 2.41. The van der Waals surface area contributed by atoms with Crippen molar-refractivity contribution >= 4 is 27.3 Å². The molecule has 0 radical (unpaired) electrons. The molecular formula is C12H12BrNO3S. The molecule has 1 aromatic heterocycles. The summed E-state index contributed by atoms with van der Waals surface area (Å²) in [5, 5.41) is 12.8. The van der Waals surface area contributed by atoms with E-state index in [2.05, 4.69) is 20.9 Å². The summed E-state index contributed by atoms with van der Waals surface area (Å²) in [7, 11) is 3.15. The van der Waals surface area contributed by atoms with Gasteiger partial charge in [-0.05, 0) is 34.1 Å². The smallest absolute Gasteiger partial charge is 0.134 e. The molecule has 0 spiro atoms. The van der Waals surface area contributed by atoms with E-state index in [1.165, 1.54) is 11.3 Å². The number of nitrogens with zero attached hydrogens (tertiary/aromatic N) is 1. The van der Waals surface area contributed by atoms with Gasteiger partial charge in [0.05, 0.1) is 14.2 Å². The van der Waals surface area contributed by atoms with E-state index in [-0.39, 0.29) is 0 Å². The van der Waals surface area contributed by atoms with Crippen LogP contribution in [0.25, 0.3) is 0 Å². The van der Waals surface area contributed by atoms with E-state index in [0.29, 0.717) is 26.7 Å². The zero-order valence-corrected chi connectivity index (χ0v) is 12.3. The average molecular weight is 330 g/mol. The van der Waals surface area contributed by atoms with Crippen LogP contribution in [0.3, 0.4) is 0 Å². The molecule has 1 aromatic carbocycles. The predicted octanol–water partition coefficient (Wildman–Crippen LogP) is 3.00. The van der Waals surface area contributed by atoms with Crippen molar-refractivity contribution in [2.45, 2.75) is 6.10 Å². The van der Waals surface area contributed by atoms with Crippen molar-refractivity contribution in [1.82, 2.24) is 4.98 Å². The van der Waals surface area contributed by atoms with Crippen molar-refractivity contribution < 1.29 is 14.6 Å². The SMILES string of the molecule is COc1ccc(OC)c(C(O)c2nc(Br)cs2)c1. The summed E-state index contributed by atoms with van der Waals surface area (Å²) >= 11 is 4.65. The van der Waals surface area contributed by atoms with Crippen LogP contribution >= 0.6 is 27.3 Å². The number of aromatic nitrogens is 1. The van der Waals surface area contributed by atoms with Crippen LogP contribution in [0.1, 0.15) is 16.7 Å². The van der Waals surface area contributed by atoms with E-state index in [4.69, 9.17) is 9.47 Å². The molecule has 1 atom stereocenters. The van der Waals surface area contributed by atoms with E-state index in [1.807, 2.05) is 5.38 Å². The van der Waals surface area contributed by atoms with Gasteiger partial charge < -0.3 is 14.6 Å². The number of hydrogen-bond donors (Lipinski definition) is 1. The number of hydrogen-bond acceptors (Lipinski definition) is 5. The number of benzene rings is 1. The van der Waals surface area contributed by atoms with Gasteiger partial charge in [-0.3, -0.25) is 0 Å². The lowest BCUT2D eigenvalue weighted by molar-refractivity contribution is 0.213. The van der Waals surface area contributed by atoms with Gasteiger partial charge in [-0.2, -0.15) is 0 Å². The van der Waals surface area contributed by atoms with Crippen molar-refractivity contribution in [3.63, 3.8) is 0 Å². The Labute approximate surface area is 117 Å². The van der Waals surface area contributed by atoms with E-state index < -0.39 is 6.10 Å². The molecule has 0 aliphatic rings. The van der Waals surface area contributed by atoms with Crippen LogP contribution in [0, 0.1) is 0 Å². The Hall–Kier alpha value is -1.11. The maximum absolute atomic E-state index is 10.3. The van der Waals surface area contributed by atoms with Crippen molar-refractivity contribution in [2.24, 2.45) is 0 Å². The molecule has 0 saturated heterocycles. The number of halogens is 1. The summed E-state index contributed by atoms with van der Waals surface area (Å²) < 4.78 is 11.1. The fourth-order valence-corrected chi connectivity index (χ4v) is 2.85. The van der Waals surface area contributed by atoms with Crippen LogP contribution in [0.4, 0.5) is 0 Å². The normalized spacial score (nSPS) is 12.2. The lowest BCUT2D eigenvalue weighted by atomic mass is 10.1. The summed E-state index contributed by atoms with van der Waals surface area (Å²) in [5.41, 5.74) is 0.638. The number of aliphatic hydroxyl groups is 1. The number of rotatable bonds is 4. The molecule has 96 valence electrons. The molecule has 0 fully saturated rings. The van der Waals surface area contributed by atoms with Gasteiger partial charge in [0.1, 0.15) is 27.2 Å². The third-order valence-electron chi connectivity index (χ3n) is 2.46. The molecule has 1 unspecified atom stereocenters. The molecule has 6 heteroatoms. The second-order valence-corrected chi connectivity index (χ2v) is 5.22. The van der Waals surface area contributed by atoms with Gasteiger partial charge in [0.25, 0.3) is 0 Å². The predicted molar refractivity (Wildman–Crippen MR) is 73.4 cm³/mol. The fourth-order valence-electron chi connectivity index (χ4n) is 1.58. The highest BCUT2D eigenvalue weighted by Gasteiger charge is 2.19. The van der Waals surface area contributed by atoms with Gasteiger partial charge >= 0.3 is 0 Å². The Morgan fingerprint density at radius 1 is 1.33 bits per heavy atom. The van der Waals surface area contributed by atoms with Crippen LogP contribution in [0.5, 0.6) is 11.5 Å². The lowest BCUT2D eigenvalue weighted by Gasteiger charge is -2.14. The molecule has 0 amide bonds. The van der Waals surface area contributed by atoms with E-state index >= 15 is 0 Å². The Bertz CT molecular complexity index is 544. The Morgan fingerprint density at radius 2 is 2.11 bits per heavy atom. The molecule has 0 saturated carbocycles. The van der Waals surface area contributed by atoms with Crippen LogP contribution in [-0.2, 0) is 0 Å². The lowest BCUT2D eigenvalue weighted by Crippen LogP contribution is -2.02. The van der Waals surface area contributed by atoms with Gasteiger partial charge in [-0.25, -0.2) is 4.98 Å². The standard InChI is InChI=1S/C12H12BrNO3S/c1-16-7-3-4-9(17-2)8(5-7)11(15)12-14-10(13)6-18-12/h3-6,11,15H,1-2H3. The molecule has 0 aliphatic heterocycles. The average Bonchev–Trinajstić information content (AvgIpc) is 2.83. The van der Waals surface area contributed by atoms with Gasteiger partial charge in [-0.15, -0.1) is 11.3 Å². The summed E-state index contributed by atoms with van der Waals surface area (Å²) in [4.78, 5) is 4.21. The first kappa shape index (κ1) is 13.3. The zero-order valence-electron chi connectivity index (χ0n) is 9.88. The molecule has 1 heterocycles. The molecule has 0 aliphatic carbocycles. The minimum absolute atomic E-state index is 0.605. The highest BCUT2D eigenvalue weighted by Crippen LogP contribution is 2.34. The maximum Gasteiger partial charge on any atom is 0.134 e. The second-order valence-electron chi connectivity index (χ2n) is 3.52. The molecular weight excluding hydrogens is 318 g/mol. The largest absolute Gasteiger partial charge is 0.497 e. The molecule has 18 heavy (non-hydrogen) atoms. The second kappa shape index (κ2) is 5.69. The topological polar surface area (TPSA) is 51.6 Å². The number of methoxy groups -OCH3 is 2. The quantitative estimate of drug-likeness (QED) is 0.936. The third kappa shape index (κ3) is 2.66. The van der Waals surface area contributed by atoms with Crippen molar-refractivity contribution in [3.8, 4) is 11.5 Å². The first-order valence-electron chi connectivity index (χ1n) is 5.16. The van der Waals surface area contributed by atoms with Crippen molar-refractivity contribution in [3.05, 3.63) is 38.8 Å². The van der Waals surface area contributed by atoms with Gasteiger partial charge in [0.15, 0.2) is 0 Å². The summed E-state index contributed by atoms with van der Waals surface area (Å²) in [5.74, 6) is 1.27. The minimum Gasteiger partial charge on any atom is -0.497 e. The van der Waals surface area contributed by atoms with Gasteiger partial charge in [0, 0.05) is 10.9 Å². The monoisotopic (exact) mass is 329 g/mol. The highest BCUT2D eigenvalue weighted by atomic mass is 79.9. The first-order chi connectivity index (χ1) is 8.65. The fraction of sp³-hybridized carbons (Fsp3) is 0.250. The summed E-state index contributed by atoms with van der Waals surface area (Å²) in [6.45, 7) is 0. The van der Waals surface area contributed by atoms with E-state index in [0.717, 1.165) is 0 Å². The molecule has 0 bridgehead atoms. The Kier molecular flexibility index (Phi) is 4.21. The molecule has 1 N–H and O–H groups in total. The third-order valence-corrected chi connectivity index (χ3v) is 4.07. The van der Waals surface area contributed by atoms with Crippen molar-refractivity contribution in [2.75, 3.05) is 14.2 Å². The number of ether oxygens (including phenoxy) is 2. The summed E-state index contributed by atoms with van der Waals surface area (Å²) in [6, 6.07) is 5.30. The maximum atomic E-state index is 10.3. The molecule has 2 rings (SSSR count). The molecule has 4 nitrogen and oxygen atoms in total. The number of aliphatic hydroxyl groups excluding tert-OH is 1. The van der Waals surface area contributed by atoms with Crippen LogP contribution in [-0.4, -0.2) is 24.3 Å². The van der Waals surface area contributed by atoms with Gasteiger partial charge in [-0.1, -0.05) is 0 Å². The summed E-state index contributed by atoms with van der Waals surface area (Å²) in [6.07, 6.45) is -0.827. The van der Waals surface area contributed by atoms with Crippen LogP contribution in [0.2, 0.25) is 0 Å². The highest BCUT2D eigenvalue weighted by molar-refractivity contribution is 9.10. The number of thiazole rings is 1. The van der Waals surface area contributed by atoms with E-state index in [9.17, 15) is 5.11 Å². The minimum atomic E-state index is -0.827. The molecule has 2 aromatic rings. The van der Waals surface area contributed by atoms with Crippen LogP contribution < -0.4 is 9.47 Å². The van der Waals surface area contributed by atoms with Gasteiger partial charge in [0.2, 0.25) is 0 Å². The Morgan fingerprint density at radius 3 is 2.67 bits per heavy atom. The zero-order chi connectivity index (χ0) is 13.1. The van der Waals surface area contributed by atoms with E-state index in [1.54, 1.807) is 32.4 Å². The first-order valence-corrected chi connectivity index (χ1v) is 6.84. The van der Waals surface area contributed by atoms with Crippen LogP contribution in [0.15, 0.2) is 28.2 Å². The van der Waals surface area contributed by atoms with Crippen molar-refractivity contribution in [1.29, 1.82) is 0 Å².